The third-order valence-corrected chi connectivity index (χ3v) is 6.07. The number of esters is 1. The molecule has 1 aliphatic rings. The highest BCUT2D eigenvalue weighted by atomic mass is 35.5. The normalized spacial score (nSPS) is 11.8. The SMILES string of the molecule is Cc1cccc(C(=O)Nc2ccc(C(=O)N/N=C/c3cc(Cl)ccc3OC(=O)c3ccc4c(c3)OCO4)cc2)c1. The minimum Gasteiger partial charge on any atom is -0.454 e. The van der Waals surface area contributed by atoms with Gasteiger partial charge in [0.05, 0.1) is 11.8 Å². The van der Waals surface area contributed by atoms with Crippen molar-refractivity contribution < 1.29 is 28.6 Å². The Morgan fingerprint density at radius 3 is 2.42 bits per heavy atom. The molecule has 10 heteroatoms. The Labute approximate surface area is 234 Å². The third-order valence-electron chi connectivity index (χ3n) is 5.84. The first-order valence-electron chi connectivity index (χ1n) is 12.1. The van der Waals surface area contributed by atoms with Crippen LogP contribution in [0, 0.1) is 6.92 Å². The van der Waals surface area contributed by atoms with Crippen LogP contribution >= 0.6 is 11.6 Å². The van der Waals surface area contributed by atoms with Crippen molar-refractivity contribution in [3.05, 3.63) is 118 Å². The van der Waals surface area contributed by atoms with E-state index in [0.717, 1.165) is 5.56 Å². The largest absolute Gasteiger partial charge is 0.454 e. The first-order valence-corrected chi connectivity index (χ1v) is 12.5. The van der Waals surface area contributed by atoms with Gasteiger partial charge in [-0.15, -0.1) is 0 Å². The van der Waals surface area contributed by atoms with E-state index in [1.54, 1.807) is 60.7 Å². The molecule has 0 fully saturated rings. The van der Waals surface area contributed by atoms with Gasteiger partial charge in [0, 0.05) is 27.4 Å². The monoisotopic (exact) mass is 555 g/mol. The molecular formula is C30H22ClN3O6. The molecule has 0 saturated carbocycles. The second-order valence-electron chi connectivity index (χ2n) is 8.74. The molecule has 0 spiro atoms. The molecule has 2 N–H and O–H groups in total. The van der Waals surface area contributed by atoms with Crippen LogP contribution in [0.15, 0.2) is 90.0 Å². The second kappa shape index (κ2) is 11.7. The maximum Gasteiger partial charge on any atom is 0.343 e. The van der Waals surface area contributed by atoms with Gasteiger partial charge in [0.1, 0.15) is 5.75 Å². The number of hydrogen-bond donors (Lipinski definition) is 2. The zero-order chi connectivity index (χ0) is 28.1. The van der Waals surface area contributed by atoms with E-state index in [0.29, 0.717) is 38.9 Å². The van der Waals surface area contributed by atoms with Crippen LogP contribution in [-0.2, 0) is 0 Å². The van der Waals surface area contributed by atoms with Crippen molar-refractivity contribution in [1.82, 2.24) is 5.43 Å². The summed E-state index contributed by atoms with van der Waals surface area (Å²) < 4.78 is 16.1. The first kappa shape index (κ1) is 26.5. The van der Waals surface area contributed by atoms with Crippen LogP contribution in [0.4, 0.5) is 5.69 Å². The van der Waals surface area contributed by atoms with E-state index >= 15 is 0 Å². The lowest BCUT2D eigenvalue weighted by atomic mass is 10.1. The number of benzene rings is 4. The molecule has 9 nitrogen and oxygen atoms in total. The molecule has 0 unspecified atom stereocenters. The number of hydrazone groups is 1. The van der Waals surface area contributed by atoms with Crippen molar-refractivity contribution in [3.8, 4) is 17.2 Å². The van der Waals surface area contributed by atoms with Gasteiger partial charge >= 0.3 is 5.97 Å². The minimum absolute atomic E-state index is 0.0893. The predicted molar refractivity (Wildman–Crippen MR) is 150 cm³/mol. The lowest BCUT2D eigenvalue weighted by Crippen LogP contribution is -2.18. The zero-order valence-electron chi connectivity index (χ0n) is 21.1. The van der Waals surface area contributed by atoms with Crippen molar-refractivity contribution in [2.75, 3.05) is 12.1 Å². The summed E-state index contributed by atoms with van der Waals surface area (Å²) in [4.78, 5) is 37.7. The molecular weight excluding hydrogens is 534 g/mol. The van der Waals surface area contributed by atoms with Gasteiger partial charge in [-0.05, 0) is 79.7 Å². The summed E-state index contributed by atoms with van der Waals surface area (Å²) in [5, 5.41) is 7.17. The van der Waals surface area contributed by atoms with Crippen LogP contribution in [0.3, 0.4) is 0 Å². The first-order chi connectivity index (χ1) is 19.4. The molecule has 1 aliphatic heterocycles. The predicted octanol–water partition coefficient (Wildman–Crippen LogP) is 5.61. The van der Waals surface area contributed by atoms with E-state index in [9.17, 15) is 14.4 Å². The quantitative estimate of drug-likeness (QED) is 0.132. The van der Waals surface area contributed by atoms with Gasteiger partial charge in [0.2, 0.25) is 6.79 Å². The van der Waals surface area contributed by atoms with Gasteiger partial charge in [-0.25, -0.2) is 10.2 Å². The lowest BCUT2D eigenvalue weighted by molar-refractivity contribution is 0.0733. The van der Waals surface area contributed by atoms with Crippen LogP contribution in [0.25, 0.3) is 0 Å². The Bertz CT molecular complexity index is 1640. The van der Waals surface area contributed by atoms with E-state index < -0.39 is 11.9 Å². The second-order valence-corrected chi connectivity index (χ2v) is 9.18. The Morgan fingerprint density at radius 2 is 1.62 bits per heavy atom. The number of anilines is 1. The number of amides is 2. The number of carbonyl (C=O) groups excluding carboxylic acids is 3. The number of ether oxygens (including phenoxy) is 3. The van der Waals surface area contributed by atoms with Crippen molar-refractivity contribution in [2.45, 2.75) is 6.92 Å². The van der Waals surface area contributed by atoms with E-state index in [2.05, 4.69) is 15.8 Å². The third kappa shape index (κ3) is 6.28. The number of hydrogen-bond acceptors (Lipinski definition) is 7. The van der Waals surface area contributed by atoms with Crippen LogP contribution in [0.1, 0.15) is 42.2 Å². The fraction of sp³-hybridized carbons (Fsp3) is 0.0667. The number of rotatable bonds is 7. The van der Waals surface area contributed by atoms with Gasteiger partial charge in [0.25, 0.3) is 11.8 Å². The van der Waals surface area contributed by atoms with Gasteiger partial charge in [0.15, 0.2) is 11.5 Å². The highest BCUT2D eigenvalue weighted by molar-refractivity contribution is 6.31. The topological polar surface area (TPSA) is 115 Å². The maximum atomic E-state index is 12.7. The van der Waals surface area contributed by atoms with Crippen LogP contribution in [0.5, 0.6) is 17.2 Å². The average Bonchev–Trinajstić information content (AvgIpc) is 3.43. The lowest BCUT2D eigenvalue weighted by Gasteiger charge is -2.09. The summed E-state index contributed by atoms with van der Waals surface area (Å²) in [5.41, 5.74) is 5.46. The molecule has 40 heavy (non-hydrogen) atoms. The Balaban J connectivity index is 1.21. The molecule has 4 aromatic carbocycles. The summed E-state index contributed by atoms with van der Waals surface area (Å²) in [6.45, 7) is 2.00. The molecule has 0 radical (unpaired) electrons. The van der Waals surface area contributed by atoms with Crippen molar-refractivity contribution in [1.29, 1.82) is 0 Å². The molecule has 2 amide bonds. The van der Waals surface area contributed by atoms with Crippen LogP contribution in [-0.4, -0.2) is 30.8 Å². The Kier molecular flexibility index (Phi) is 7.75. The van der Waals surface area contributed by atoms with Gasteiger partial charge in [-0.1, -0.05) is 29.3 Å². The van der Waals surface area contributed by atoms with Crippen molar-refractivity contribution in [3.63, 3.8) is 0 Å². The van der Waals surface area contributed by atoms with Crippen molar-refractivity contribution in [2.24, 2.45) is 5.10 Å². The summed E-state index contributed by atoms with van der Waals surface area (Å²) in [6, 6.07) is 23.0. The molecule has 5 rings (SSSR count). The highest BCUT2D eigenvalue weighted by Gasteiger charge is 2.18. The number of nitrogens with zero attached hydrogens (tertiary/aromatic N) is 1. The zero-order valence-corrected chi connectivity index (χ0v) is 21.9. The minimum atomic E-state index is -0.617. The smallest absolute Gasteiger partial charge is 0.343 e. The molecule has 0 atom stereocenters. The fourth-order valence-corrected chi connectivity index (χ4v) is 4.00. The molecule has 0 saturated heterocycles. The van der Waals surface area contributed by atoms with E-state index in [1.807, 2.05) is 19.1 Å². The summed E-state index contributed by atoms with van der Waals surface area (Å²) in [5.74, 6) is -0.145. The highest BCUT2D eigenvalue weighted by Crippen LogP contribution is 2.33. The standard InChI is InChI=1S/C30H22ClN3O6/c1-18-3-2-4-20(13-18)28(35)33-24-9-5-19(6-10-24)29(36)34-32-16-22-14-23(31)8-12-25(22)40-30(37)21-7-11-26-27(15-21)39-17-38-26/h2-16H,17H2,1H3,(H,33,35)(H,34,36)/b32-16+. The maximum absolute atomic E-state index is 12.7. The fourth-order valence-electron chi connectivity index (χ4n) is 3.81. The van der Waals surface area contributed by atoms with Crippen molar-refractivity contribution >= 4 is 41.3 Å². The molecule has 0 bridgehead atoms. The number of fused-ring (bicyclic) bond motifs is 1. The summed E-state index contributed by atoms with van der Waals surface area (Å²) >= 11 is 6.12. The van der Waals surface area contributed by atoms with E-state index in [-0.39, 0.29) is 24.0 Å². The van der Waals surface area contributed by atoms with E-state index in [4.69, 9.17) is 25.8 Å². The number of carbonyl (C=O) groups is 3. The Hall–Kier alpha value is -5.15. The number of aryl methyl sites for hydroxylation is 1. The summed E-state index contributed by atoms with van der Waals surface area (Å²) in [6.07, 6.45) is 1.32. The van der Waals surface area contributed by atoms with Gasteiger partial charge < -0.3 is 19.5 Å². The molecule has 200 valence electrons. The molecule has 0 aromatic heterocycles. The molecule has 0 aliphatic carbocycles. The van der Waals surface area contributed by atoms with Crippen LogP contribution in [0.2, 0.25) is 5.02 Å². The average molecular weight is 556 g/mol. The van der Waals surface area contributed by atoms with Crippen LogP contribution < -0.4 is 25.0 Å². The molecule has 1 heterocycles. The van der Waals surface area contributed by atoms with Gasteiger partial charge in [-0.2, -0.15) is 5.10 Å². The number of nitrogens with one attached hydrogen (secondary N) is 2. The summed E-state index contributed by atoms with van der Waals surface area (Å²) in [7, 11) is 0. The number of halogens is 1. The Morgan fingerprint density at radius 1 is 0.850 bits per heavy atom. The molecule has 4 aromatic rings. The van der Waals surface area contributed by atoms with Gasteiger partial charge in [-0.3, -0.25) is 9.59 Å². The van der Waals surface area contributed by atoms with E-state index in [1.165, 1.54) is 18.3 Å².